The van der Waals surface area contributed by atoms with Crippen LogP contribution in [0.2, 0.25) is 5.28 Å². The van der Waals surface area contributed by atoms with Crippen molar-refractivity contribution in [2.24, 2.45) is 0 Å². The van der Waals surface area contributed by atoms with Gasteiger partial charge in [-0.2, -0.15) is 15.1 Å². The van der Waals surface area contributed by atoms with Crippen molar-refractivity contribution in [1.82, 2.24) is 25.1 Å². The summed E-state index contributed by atoms with van der Waals surface area (Å²) < 4.78 is 20.4. The molecule has 1 aliphatic rings. The van der Waals surface area contributed by atoms with E-state index in [9.17, 15) is 9.50 Å². The van der Waals surface area contributed by atoms with Gasteiger partial charge in [-0.15, -0.1) is 0 Å². The van der Waals surface area contributed by atoms with E-state index in [-0.39, 0.29) is 17.7 Å². The fourth-order valence-electron chi connectivity index (χ4n) is 3.00. The van der Waals surface area contributed by atoms with Crippen molar-refractivity contribution in [3.63, 3.8) is 0 Å². The first-order valence-corrected chi connectivity index (χ1v) is 8.24. The molecule has 9 heteroatoms. The number of fused-ring (bicyclic) bond motifs is 1. The van der Waals surface area contributed by atoms with Gasteiger partial charge in [0.25, 0.3) is 0 Å². The van der Waals surface area contributed by atoms with Gasteiger partial charge < -0.3 is 9.84 Å². The van der Waals surface area contributed by atoms with E-state index in [0.717, 1.165) is 5.69 Å². The average molecular weight is 358 g/mol. The number of H-pyrrole nitrogens is 1. The quantitative estimate of drug-likeness (QED) is 0.812. The second-order valence-corrected chi connectivity index (χ2v) is 7.19. The predicted octanol–water partition coefficient (Wildman–Crippen LogP) is 1.88. The molecule has 2 aromatic rings. The van der Waals surface area contributed by atoms with Crippen molar-refractivity contribution in [2.75, 3.05) is 19.6 Å². The Bertz CT molecular complexity index is 732. The highest BCUT2D eigenvalue weighted by atomic mass is 35.5. The van der Waals surface area contributed by atoms with Crippen LogP contribution < -0.4 is 4.74 Å². The van der Waals surface area contributed by atoms with E-state index in [1.165, 1.54) is 0 Å². The summed E-state index contributed by atoms with van der Waals surface area (Å²) in [5.74, 6) is 0.250. The highest BCUT2D eigenvalue weighted by molar-refractivity contribution is 6.28. The average Bonchev–Trinajstić information content (AvgIpc) is 2.81. The normalized spacial score (nSPS) is 22.9. The Morgan fingerprint density at radius 2 is 2.21 bits per heavy atom. The molecule has 0 radical (unpaired) electrons. The Balaban J connectivity index is 1.75. The molecule has 24 heavy (non-hydrogen) atoms. The summed E-state index contributed by atoms with van der Waals surface area (Å²) in [6.45, 7) is 6.51. The zero-order valence-electron chi connectivity index (χ0n) is 13.9. The fourth-order valence-corrected chi connectivity index (χ4v) is 3.16. The molecule has 0 saturated carbocycles. The molecule has 0 bridgehead atoms. The minimum absolute atomic E-state index is 0.0128. The van der Waals surface area contributed by atoms with Gasteiger partial charge in [-0.1, -0.05) is 0 Å². The summed E-state index contributed by atoms with van der Waals surface area (Å²) >= 11 is 5.90. The number of nitrogens with one attached hydrogen (secondary N) is 1. The van der Waals surface area contributed by atoms with Gasteiger partial charge in [-0.05, 0) is 38.8 Å². The smallest absolute Gasteiger partial charge is 0.229 e. The molecule has 2 aromatic heterocycles. The van der Waals surface area contributed by atoms with E-state index in [4.69, 9.17) is 16.3 Å². The van der Waals surface area contributed by atoms with Crippen LogP contribution in [-0.2, 0) is 0 Å². The van der Waals surface area contributed by atoms with E-state index >= 15 is 0 Å². The summed E-state index contributed by atoms with van der Waals surface area (Å²) in [6.07, 6.45) is -1.30. The summed E-state index contributed by atoms with van der Waals surface area (Å²) in [5, 5.41) is 17.3. The third-order valence-corrected chi connectivity index (χ3v) is 4.14. The van der Waals surface area contributed by atoms with Gasteiger partial charge >= 0.3 is 0 Å². The monoisotopic (exact) mass is 357 g/mol. The maximum atomic E-state index is 14.5. The Kier molecular flexibility index (Phi) is 4.63. The van der Waals surface area contributed by atoms with Crippen LogP contribution in [0.4, 0.5) is 4.39 Å². The molecule has 0 unspecified atom stereocenters. The lowest BCUT2D eigenvalue weighted by Crippen LogP contribution is -2.50. The van der Waals surface area contributed by atoms with Crippen molar-refractivity contribution < 1.29 is 14.2 Å². The van der Waals surface area contributed by atoms with Crippen LogP contribution in [-0.4, -0.2) is 67.7 Å². The maximum absolute atomic E-state index is 14.5. The number of likely N-dealkylation sites (tertiary alicyclic amines) is 1. The van der Waals surface area contributed by atoms with Crippen molar-refractivity contribution in [3.8, 4) is 5.88 Å². The number of aliphatic hydroxyl groups is 1. The van der Waals surface area contributed by atoms with Gasteiger partial charge in [-0.3, -0.25) is 10.00 Å². The minimum Gasteiger partial charge on any atom is -0.471 e. The second kappa shape index (κ2) is 6.42. The summed E-state index contributed by atoms with van der Waals surface area (Å²) in [4.78, 5) is 10.0. The van der Waals surface area contributed by atoms with Crippen LogP contribution in [0.25, 0.3) is 11.0 Å². The van der Waals surface area contributed by atoms with Gasteiger partial charge in [0, 0.05) is 25.3 Å². The van der Waals surface area contributed by atoms with E-state index in [0.29, 0.717) is 30.5 Å². The third kappa shape index (κ3) is 3.76. The van der Waals surface area contributed by atoms with Crippen molar-refractivity contribution in [1.29, 1.82) is 0 Å². The maximum Gasteiger partial charge on any atom is 0.229 e. The standard InChI is InChI=1S/C15H21ClFN5O2/c1-8-11-12(21-20-8)18-14(16)19-13(11)24-10-4-5-22(6-9(10)17)7-15(2,3)23/h9-10,23H,4-7H2,1-3H3,(H,18,19,20,21)/t9-,10+/m0/s1. The summed E-state index contributed by atoms with van der Waals surface area (Å²) in [5.41, 5.74) is 0.289. The summed E-state index contributed by atoms with van der Waals surface area (Å²) in [6, 6.07) is 0. The highest BCUT2D eigenvalue weighted by Crippen LogP contribution is 2.29. The fraction of sp³-hybridized carbons (Fsp3) is 0.667. The number of alkyl halides is 1. The van der Waals surface area contributed by atoms with E-state index < -0.39 is 17.9 Å². The van der Waals surface area contributed by atoms with Gasteiger partial charge in [-0.25, -0.2) is 4.39 Å². The number of rotatable bonds is 4. The molecule has 0 spiro atoms. The topological polar surface area (TPSA) is 87.2 Å². The molecule has 132 valence electrons. The SMILES string of the molecule is Cc1[nH]nc2nc(Cl)nc(O[C@@H]3CCN(CC(C)(C)O)C[C@@H]3F)c12. The molecule has 3 heterocycles. The number of hydrogen-bond donors (Lipinski definition) is 2. The lowest BCUT2D eigenvalue weighted by molar-refractivity contribution is -0.0192. The zero-order valence-corrected chi connectivity index (χ0v) is 14.6. The van der Waals surface area contributed by atoms with Crippen LogP contribution in [0, 0.1) is 6.92 Å². The number of β-amino-alcohol motifs (C(OH)–C–C–N with tert-alkyl or cyclic N) is 1. The first-order chi connectivity index (χ1) is 11.2. The van der Waals surface area contributed by atoms with Crippen molar-refractivity contribution in [2.45, 2.75) is 45.1 Å². The molecule has 0 aromatic carbocycles. The Morgan fingerprint density at radius 3 is 2.88 bits per heavy atom. The number of hydrogen-bond acceptors (Lipinski definition) is 6. The van der Waals surface area contributed by atoms with Crippen molar-refractivity contribution in [3.05, 3.63) is 11.0 Å². The first kappa shape index (κ1) is 17.3. The van der Waals surface area contributed by atoms with Crippen LogP contribution in [0.15, 0.2) is 0 Å². The van der Waals surface area contributed by atoms with Gasteiger partial charge in [0.1, 0.15) is 17.7 Å². The number of aromatic nitrogens is 4. The number of ether oxygens (including phenoxy) is 1. The molecule has 7 nitrogen and oxygen atoms in total. The largest absolute Gasteiger partial charge is 0.471 e. The second-order valence-electron chi connectivity index (χ2n) is 6.85. The number of halogens is 2. The Morgan fingerprint density at radius 1 is 1.46 bits per heavy atom. The number of piperidine rings is 1. The number of aromatic amines is 1. The summed E-state index contributed by atoms with van der Waals surface area (Å²) in [7, 11) is 0. The lowest BCUT2D eigenvalue weighted by Gasteiger charge is -2.37. The van der Waals surface area contributed by atoms with E-state index in [1.54, 1.807) is 13.8 Å². The van der Waals surface area contributed by atoms with Gasteiger partial charge in [0.2, 0.25) is 11.2 Å². The van der Waals surface area contributed by atoms with Crippen LogP contribution in [0.3, 0.4) is 0 Å². The molecule has 1 fully saturated rings. The zero-order chi connectivity index (χ0) is 17.5. The first-order valence-electron chi connectivity index (χ1n) is 7.86. The highest BCUT2D eigenvalue weighted by Gasteiger charge is 2.33. The molecule has 0 aliphatic carbocycles. The molecular formula is C15H21ClFN5O2. The van der Waals surface area contributed by atoms with E-state index in [2.05, 4.69) is 20.2 Å². The molecule has 2 atom stereocenters. The van der Waals surface area contributed by atoms with Crippen molar-refractivity contribution >= 4 is 22.6 Å². The Hall–Kier alpha value is -1.51. The minimum atomic E-state index is -1.18. The van der Waals surface area contributed by atoms with E-state index in [1.807, 2.05) is 11.8 Å². The molecule has 1 saturated heterocycles. The molecule has 0 amide bonds. The number of nitrogens with zero attached hydrogens (tertiary/aromatic N) is 4. The molecule has 3 rings (SSSR count). The van der Waals surface area contributed by atoms with Gasteiger partial charge in [0.15, 0.2) is 5.65 Å². The lowest BCUT2D eigenvalue weighted by atomic mass is 10.0. The Labute approximate surface area is 144 Å². The van der Waals surface area contributed by atoms with Crippen LogP contribution in [0.5, 0.6) is 5.88 Å². The molecule has 1 aliphatic heterocycles. The molecular weight excluding hydrogens is 337 g/mol. The van der Waals surface area contributed by atoms with Crippen LogP contribution in [0.1, 0.15) is 26.0 Å². The van der Waals surface area contributed by atoms with Gasteiger partial charge in [0.05, 0.1) is 5.60 Å². The third-order valence-electron chi connectivity index (χ3n) is 3.97. The number of aryl methyl sites for hydroxylation is 1. The van der Waals surface area contributed by atoms with Crippen LogP contribution >= 0.6 is 11.6 Å². The predicted molar refractivity (Wildman–Crippen MR) is 88.1 cm³/mol. The molecule has 2 N–H and O–H groups in total.